The molecule has 0 aromatic rings. The van der Waals surface area contributed by atoms with E-state index in [2.05, 4.69) is 10.6 Å². The summed E-state index contributed by atoms with van der Waals surface area (Å²) in [5.41, 5.74) is 0. The molecule has 0 bridgehead atoms. The Morgan fingerprint density at radius 3 is 2.50 bits per heavy atom. The predicted octanol–water partition coefficient (Wildman–Crippen LogP) is 0.299. The average Bonchev–Trinajstić information content (AvgIpc) is 2.25. The van der Waals surface area contributed by atoms with E-state index in [0.717, 1.165) is 31.0 Å². The predicted molar refractivity (Wildman–Crippen MR) is 64.1 cm³/mol. The molecule has 0 aromatic heterocycles. The zero-order valence-electron chi connectivity index (χ0n) is 9.45. The van der Waals surface area contributed by atoms with Crippen molar-refractivity contribution in [1.82, 2.24) is 10.6 Å². The summed E-state index contributed by atoms with van der Waals surface area (Å²) >= 11 is 1.01. The van der Waals surface area contributed by atoms with Crippen LogP contribution in [0.2, 0.25) is 0 Å². The number of amides is 2. The van der Waals surface area contributed by atoms with Gasteiger partial charge in [-0.2, -0.15) is 0 Å². The third-order valence-electron chi connectivity index (χ3n) is 1.81. The quantitative estimate of drug-likeness (QED) is 0.453. The van der Waals surface area contributed by atoms with Crippen molar-refractivity contribution in [3.05, 3.63) is 0 Å². The van der Waals surface area contributed by atoms with E-state index in [4.69, 9.17) is 0 Å². The van der Waals surface area contributed by atoms with Crippen LogP contribution >= 0.6 is 11.8 Å². The smallest absolute Gasteiger partial charge is 0.230 e. The number of nitrogens with one attached hydrogen (secondary N) is 2. The number of hydrogen-bond donors (Lipinski definition) is 2. The van der Waals surface area contributed by atoms with Crippen LogP contribution in [0.15, 0.2) is 0 Å². The second-order valence-electron chi connectivity index (χ2n) is 3.26. The molecular weight excluding hydrogens is 228 g/mol. The fourth-order valence-corrected chi connectivity index (χ4v) is 1.47. The van der Waals surface area contributed by atoms with Gasteiger partial charge in [-0.1, -0.05) is 11.8 Å². The highest BCUT2D eigenvalue weighted by molar-refractivity contribution is 8.14. The lowest BCUT2D eigenvalue weighted by Gasteiger charge is -2.03. The second-order valence-corrected chi connectivity index (χ2v) is 4.42. The van der Waals surface area contributed by atoms with Crippen LogP contribution in [0.3, 0.4) is 0 Å². The van der Waals surface area contributed by atoms with Crippen LogP contribution in [0, 0.1) is 0 Å². The van der Waals surface area contributed by atoms with Gasteiger partial charge in [0, 0.05) is 20.0 Å². The highest BCUT2D eigenvalue weighted by atomic mass is 32.2. The molecule has 0 aliphatic carbocycles. The first-order chi connectivity index (χ1) is 7.66. The monoisotopic (exact) mass is 246 g/mol. The highest BCUT2D eigenvalue weighted by Crippen LogP contribution is 1.99. The van der Waals surface area contributed by atoms with Gasteiger partial charge < -0.3 is 10.6 Å². The molecule has 0 aliphatic heterocycles. The molecule has 0 atom stereocenters. The second kappa shape index (κ2) is 10.5. The topological polar surface area (TPSA) is 75.3 Å². The van der Waals surface area contributed by atoms with Crippen molar-refractivity contribution in [1.29, 1.82) is 0 Å². The van der Waals surface area contributed by atoms with Crippen molar-refractivity contribution in [2.75, 3.05) is 18.8 Å². The van der Waals surface area contributed by atoms with Gasteiger partial charge in [-0.15, -0.1) is 0 Å². The Morgan fingerprint density at radius 2 is 1.88 bits per heavy atom. The van der Waals surface area contributed by atoms with E-state index < -0.39 is 0 Å². The number of carbonyl (C=O) groups is 3. The van der Waals surface area contributed by atoms with Crippen LogP contribution in [-0.2, 0) is 14.4 Å². The van der Waals surface area contributed by atoms with E-state index >= 15 is 0 Å². The number of hydrogen-bond acceptors (Lipinski definition) is 4. The minimum Gasteiger partial charge on any atom is -0.359 e. The first kappa shape index (κ1) is 15.0. The van der Waals surface area contributed by atoms with E-state index in [-0.39, 0.29) is 16.8 Å². The van der Waals surface area contributed by atoms with Gasteiger partial charge in [0.1, 0.15) is 0 Å². The largest absolute Gasteiger partial charge is 0.359 e. The maximum Gasteiger partial charge on any atom is 0.230 e. The van der Waals surface area contributed by atoms with Gasteiger partial charge in [-0.3, -0.25) is 14.4 Å². The molecule has 0 heterocycles. The first-order valence-electron chi connectivity index (χ1n) is 5.24. The van der Waals surface area contributed by atoms with Crippen LogP contribution in [-0.4, -0.2) is 36.3 Å². The van der Waals surface area contributed by atoms with Crippen LogP contribution in [0.1, 0.15) is 26.2 Å². The van der Waals surface area contributed by atoms with Gasteiger partial charge in [-0.05, 0) is 19.3 Å². The fourth-order valence-electron chi connectivity index (χ4n) is 1.03. The molecule has 0 saturated carbocycles. The molecule has 0 radical (unpaired) electrons. The van der Waals surface area contributed by atoms with E-state index in [1.807, 2.05) is 0 Å². The molecular formula is C10H18N2O3S. The molecule has 2 N–H and O–H groups in total. The summed E-state index contributed by atoms with van der Waals surface area (Å²) in [6.07, 6.45) is 3.44. The molecule has 0 spiro atoms. The summed E-state index contributed by atoms with van der Waals surface area (Å²) in [6.45, 7) is 2.74. The highest BCUT2D eigenvalue weighted by Gasteiger charge is 2.02. The normalized spacial score (nSPS) is 9.56. The molecule has 16 heavy (non-hydrogen) atoms. The van der Waals surface area contributed by atoms with Crippen LogP contribution in [0.25, 0.3) is 0 Å². The zero-order chi connectivity index (χ0) is 12.2. The Bertz CT molecular complexity index is 234. The van der Waals surface area contributed by atoms with Crippen molar-refractivity contribution in [3.8, 4) is 0 Å². The Balaban J connectivity index is 3.21. The van der Waals surface area contributed by atoms with Crippen molar-refractivity contribution >= 4 is 29.2 Å². The van der Waals surface area contributed by atoms with Crippen LogP contribution < -0.4 is 10.6 Å². The fraction of sp³-hybridized carbons (Fsp3) is 0.700. The first-order valence-corrected chi connectivity index (χ1v) is 6.22. The Morgan fingerprint density at radius 1 is 1.19 bits per heavy atom. The van der Waals surface area contributed by atoms with Crippen molar-refractivity contribution in [2.45, 2.75) is 26.2 Å². The van der Waals surface area contributed by atoms with Gasteiger partial charge in [0.2, 0.25) is 12.3 Å². The lowest BCUT2D eigenvalue weighted by atomic mass is 10.2. The number of carbonyl (C=O) groups excluding carboxylic acids is 3. The average molecular weight is 246 g/mol. The Kier molecular flexibility index (Phi) is 9.80. The molecule has 92 valence electrons. The summed E-state index contributed by atoms with van der Waals surface area (Å²) in [7, 11) is 0. The third kappa shape index (κ3) is 11.0. The summed E-state index contributed by atoms with van der Waals surface area (Å²) in [6, 6.07) is 0. The number of rotatable bonds is 9. The SMILES string of the molecule is CC(=O)SCC(=O)NCCCCCNC=O. The van der Waals surface area contributed by atoms with Crippen molar-refractivity contribution in [3.63, 3.8) is 0 Å². The van der Waals surface area contributed by atoms with Crippen LogP contribution in [0.5, 0.6) is 0 Å². The maximum absolute atomic E-state index is 11.1. The minimum atomic E-state index is -0.105. The zero-order valence-corrected chi connectivity index (χ0v) is 10.3. The molecule has 0 unspecified atom stereocenters. The lowest BCUT2D eigenvalue weighted by Crippen LogP contribution is -2.26. The molecule has 5 nitrogen and oxygen atoms in total. The summed E-state index contributed by atoms with van der Waals surface area (Å²) in [5, 5.41) is 5.25. The third-order valence-corrected chi connectivity index (χ3v) is 2.62. The van der Waals surface area contributed by atoms with E-state index in [1.54, 1.807) is 0 Å². The van der Waals surface area contributed by atoms with E-state index in [1.165, 1.54) is 6.92 Å². The van der Waals surface area contributed by atoms with Gasteiger partial charge in [0.25, 0.3) is 0 Å². The Hall–Kier alpha value is -1.04. The van der Waals surface area contributed by atoms with Crippen molar-refractivity contribution < 1.29 is 14.4 Å². The molecule has 0 aliphatic rings. The van der Waals surface area contributed by atoms with Gasteiger partial charge in [0.15, 0.2) is 5.12 Å². The molecule has 2 amide bonds. The summed E-state index contributed by atoms with van der Waals surface area (Å²) in [5.74, 6) is 0.0911. The standard InChI is InChI=1S/C10H18N2O3S/c1-9(14)16-7-10(15)12-6-4-2-3-5-11-8-13/h8H,2-7H2,1H3,(H,11,13)(H,12,15). The molecule has 6 heteroatoms. The van der Waals surface area contributed by atoms with E-state index in [9.17, 15) is 14.4 Å². The minimum absolute atomic E-state index is 0.0462. The maximum atomic E-state index is 11.1. The molecule has 0 saturated heterocycles. The lowest BCUT2D eigenvalue weighted by molar-refractivity contribution is -0.118. The van der Waals surface area contributed by atoms with Crippen LogP contribution in [0.4, 0.5) is 0 Å². The number of thioether (sulfide) groups is 1. The van der Waals surface area contributed by atoms with Gasteiger partial charge in [-0.25, -0.2) is 0 Å². The van der Waals surface area contributed by atoms with Crippen molar-refractivity contribution in [2.24, 2.45) is 0 Å². The van der Waals surface area contributed by atoms with E-state index in [0.29, 0.717) is 19.5 Å². The van der Waals surface area contributed by atoms with Gasteiger partial charge in [0.05, 0.1) is 5.75 Å². The number of unbranched alkanes of at least 4 members (excludes halogenated alkanes) is 2. The summed E-state index contributed by atoms with van der Waals surface area (Å²) < 4.78 is 0. The Labute approximate surface area is 99.7 Å². The molecule has 0 rings (SSSR count). The molecule has 0 aromatic carbocycles. The van der Waals surface area contributed by atoms with Gasteiger partial charge >= 0.3 is 0 Å². The summed E-state index contributed by atoms with van der Waals surface area (Å²) in [4.78, 5) is 31.6. The molecule has 0 fully saturated rings.